The molecule has 4 rings (SSSR count). The Hall–Kier alpha value is -3.76. The van der Waals surface area contributed by atoms with Crippen molar-refractivity contribution in [3.05, 3.63) is 83.4 Å². The summed E-state index contributed by atoms with van der Waals surface area (Å²) in [4.78, 5) is 28.6. The van der Waals surface area contributed by atoms with E-state index >= 15 is 0 Å². The Bertz CT molecular complexity index is 1480. The van der Waals surface area contributed by atoms with Gasteiger partial charge in [0, 0.05) is 23.7 Å². The number of carbonyl (C=O) groups is 2. The largest absolute Gasteiger partial charge is 0.486 e. The van der Waals surface area contributed by atoms with E-state index in [9.17, 15) is 18.0 Å². The molecule has 2 amide bonds. The number of amides is 2. The highest BCUT2D eigenvalue weighted by Crippen LogP contribution is 2.36. The van der Waals surface area contributed by atoms with Crippen molar-refractivity contribution in [2.75, 3.05) is 24.1 Å². The fraction of sp³-hybridized carbons (Fsp3) is 0.333. The topological polar surface area (TPSA) is 105 Å². The number of rotatable bonds is 11. The number of benzene rings is 3. The summed E-state index contributed by atoms with van der Waals surface area (Å²) < 4.78 is 40.2. The Balaban J connectivity index is 1.73. The molecule has 218 valence electrons. The summed E-state index contributed by atoms with van der Waals surface area (Å²) in [6.07, 6.45) is 0.716. The van der Waals surface area contributed by atoms with Crippen LogP contribution in [0, 0.1) is 0 Å². The number of ether oxygens (including phenoxy) is 2. The highest BCUT2D eigenvalue weighted by molar-refractivity contribution is 7.92. The number of nitrogens with one attached hydrogen (secondary N) is 1. The summed E-state index contributed by atoms with van der Waals surface area (Å²) in [5.41, 5.74) is 0.928. The fourth-order valence-corrected chi connectivity index (χ4v) is 5.96. The van der Waals surface area contributed by atoms with Gasteiger partial charge in [-0.3, -0.25) is 13.9 Å². The molecule has 1 aliphatic heterocycles. The standard InChI is InChI=1S/C30H34ClN3O6S/c1-4-21(2)32-30(36)22(3)33(19-23-9-8-10-24(31)17-23)29(35)20-34(41(37,38)26-11-6-5-7-12-26)25-13-14-27-28(18-25)40-16-15-39-27/h5-14,17-18,21-22H,4,15-16,19-20H2,1-3H3,(H,32,36)/t21-,22-/m0/s1. The Kier molecular flexibility index (Phi) is 9.77. The number of anilines is 1. The predicted octanol–water partition coefficient (Wildman–Crippen LogP) is 4.64. The number of hydrogen-bond acceptors (Lipinski definition) is 6. The van der Waals surface area contributed by atoms with E-state index in [1.54, 1.807) is 67.6 Å². The molecule has 11 heteroatoms. The first-order valence-electron chi connectivity index (χ1n) is 13.4. The quantitative estimate of drug-likeness (QED) is 0.344. The first kappa shape index (κ1) is 30.2. The van der Waals surface area contributed by atoms with Crippen LogP contribution in [-0.4, -0.2) is 57.0 Å². The van der Waals surface area contributed by atoms with Crippen LogP contribution in [0.4, 0.5) is 5.69 Å². The molecule has 9 nitrogen and oxygen atoms in total. The van der Waals surface area contributed by atoms with Gasteiger partial charge in [-0.15, -0.1) is 0 Å². The van der Waals surface area contributed by atoms with Crippen LogP contribution in [0.5, 0.6) is 11.5 Å². The molecule has 0 fully saturated rings. The van der Waals surface area contributed by atoms with Gasteiger partial charge in [-0.25, -0.2) is 8.42 Å². The molecule has 2 atom stereocenters. The van der Waals surface area contributed by atoms with Crippen LogP contribution in [-0.2, 0) is 26.2 Å². The molecule has 3 aromatic carbocycles. The van der Waals surface area contributed by atoms with Crippen LogP contribution in [0.15, 0.2) is 77.7 Å². The van der Waals surface area contributed by atoms with Crippen LogP contribution in [0.25, 0.3) is 0 Å². The minimum absolute atomic E-state index is 0.0200. The van der Waals surface area contributed by atoms with Crippen molar-refractivity contribution in [2.45, 2.75) is 50.7 Å². The van der Waals surface area contributed by atoms with E-state index in [1.807, 2.05) is 13.8 Å². The van der Waals surface area contributed by atoms with E-state index in [-0.39, 0.29) is 29.1 Å². The van der Waals surface area contributed by atoms with E-state index in [4.69, 9.17) is 21.1 Å². The van der Waals surface area contributed by atoms with Crippen LogP contribution in [0.2, 0.25) is 5.02 Å². The third kappa shape index (κ3) is 7.31. The second-order valence-corrected chi connectivity index (χ2v) is 12.1. The maximum absolute atomic E-state index is 14.0. The van der Waals surface area contributed by atoms with Crippen LogP contribution in [0.1, 0.15) is 32.8 Å². The van der Waals surface area contributed by atoms with Crippen molar-refractivity contribution < 1.29 is 27.5 Å². The second kappa shape index (κ2) is 13.3. The van der Waals surface area contributed by atoms with Crippen LogP contribution >= 0.6 is 11.6 Å². The molecule has 1 aliphatic rings. The van der Waals surface area contributed by atoms with E-state index in [2.05, 4.69) is 5.32 Å². The molecule has 0 aromatic heterocycles. The zero-order valence-corrected chi connectivity index (χ0v) is 24.8. The maximum atomic E-state index is 14.0. The second-order valence-electron chi connectivity index (χ2n) is 9.80. The third-order valence-corrected chi connectivity index (χ3v) is 8.86. The van der Waals surface area contributed by atoms with Gasteiger partial charge in [-0.1, -0.05) is 48.9 Å². The third-order valence-electron chi connectivity index (χ3n) is 6.83. The lowest BCUT2D eigenvalue weighted by molar-refractivity contribution is -0.139. The zero-order valence-electron chi connectivity index (χ0n) is 23.2. The van der Waals surface area contributed by atoms with Gasteiger partial charge in [0.1, 0.15) is 25.8 Å². The van der Waals surface area contributed by atoms with Crippen molar-refractivity contribution in [3.63, 3.8) is 0 Å². The summed E-state index contributed by atoms with van der Waals surface area (Å²) in [7, 11) is -4.19. The normalized spacial score (nSPS) is 14.0. The molecule has 0 aliphatic carbocycles. The molecule has 0 unspecified atom stereocenters. The van der Waals surface area contributed by atoms with Crippen LogP contribution < -0.4 is 19.1 Å². The number of hydrogen-bond donors (Lipinski definition) is 1. The molecule has 0 spiro atoms. The Labute approximate surface area is 246 Å². The maximum Gasteiger partial charge on any atom is 0.264 e. The highest BCUT2D eigenvalue weighted by atomic mass is 35.5. The van der Waals surface area contributed by atoms with E-state index in [0.717, 1.165) is 4.31 Å². The molecule has 0 saturated carbocycles. The lowest BCUT2D eigenvalue weighted by Gasteiger charge is -2.32. The highest BCUT2D eigenvalue weighted by Gasteiger charge is 2.33. The van der Waals surface area contributed by atoms with Gasteiger partial charge in [0.15, 0.2) is 11.5 Å². The molecule has 41 heavy (non-hydrogen) atoms. The van der Waals surface area contributed by atoms with Gasteiger partial charge < -0.3 is 19.7 Å². The van der Waals surface area contributed by atoms with Gasteiger partial charge in [0.25, 0.3) is 10.0 Å². The molecular formula is C30H34ClN3O6S. The summed E-state index contributed by atoms with van der Waals surface area (Å²) in [6, 6.07) is 18.6. The SMILES string of the molecule is CC[C@H](C)NC(=O)[C@H](C)N(Cc1cccc(Cl)c1)C(=O)CN(c1ccc2c(c1)OCCO2)S(=O)(=O)c1ccccc1. The summed E-state index contributed by atoms with van der Waals surface area (Å²) in [5, 5.41) is 3.40. The molecular weight excluding hydrogens is 566 g/mol. The van der Waals surface area contributed by atoms with Gasteiger partial charge in [-0.05, 0) is 62.2 Å². The van der Waals surface area contributed by atoms with Gasteiger partial charge in [0.05, 0.1) is 10.6 Å². The van der Waals surface area contributed by atoms with Gasteiger partial charge >= 0.3 is 0 Å². The fourth-order valence-electron chi connectivity index (χ4n) is 4.32. The lowest BCUT2D eigenvalue weighted by atomic mass is 10.1. The van der Waals surface area contributed by atoms with Crippen molar-refractivity contribution in [1.29, 1.82) is 0 Å². The average molecular weight is 600 g/mol. The lowest BCUT2D eigenvalue weighted by Crippen LogP contribution is -2.52. The summed E-state index contributed by atoms with van der Waals surface area (Å²) in [6.45, 7) is 5.64. The van der Waals surface area contributed by atoms with Crippen LogP contribution in [0.3, 0.4) is 0 Å². The monoisotopic (exact) mass is 599 g/mol. The Morgan fingerprint density at radius 2 is 1.66 bits per heavy atom. The summed E-state index contributed by atoms with van der Waals surface area (Å²) >= 11 is 6.20. The van der Waals surface area contributed by atoms with Crippen molar-refractivity contribution in [1.82, 2.24) is 10.2 Å². The van der Waals surface area contributed by atoms with Crippen molar-refractivity contribution >= 4 is 39.1 Å². The van der Waals surface area contributed by atoms with Crippen molar-refractivity contribution in [2.24, 2.45) is 0 Å². The number of nitrogens with zero attached hydrogens (tertiary/aromatic N) is 2. The molecule has 0 saturated heterocycles. The average Bonchev–Trinajstić information content (AvgIpc) is 2.98. The van der Waals surface area contributed by atoms with Gasteiger partial charge in [-0.2, -0.15) is 0 Å². The molecule has 0 bridgehead atoms. The first-order chi connectivity index (χ1) is 19.6. The summed E-state index contributed by atoms with van der Waals surface area (Å²) in [5.74, 6) is -0.0365. The minimum atomic E-state index is -4.19. The smallest absolute Gasteiger partial charge is 0.264 e. The zero-order chi connectivity index (χ0) is 29.6. The van der Waals surface area contributed by atoms with Crippen molar-refractivity contribution in [3.8, 4) is 11.5 Å². The minimum Gasteiger partial charge on any atom is -0.486 e. The van der Waals surface area contributed by atoms with E-state index in [1.165, 1.54) is 17.0 Å². The number of carbonyl (C=O) groups excluding carboxylic acids is 2. The molecule has 0 radical (unpaired) electrons. The predicted molar refractivity (Wildman–Crippen MR) is 158 cm³/mol. The Morgan fingerprint density at radius 1 is 0.951 bits per heavy atom. The van der Waals surface area contributed by atoms with E-state index in [0.29, 0.717) is 41.7 Å². The van der Waals surface area contributed by atoms with Gasteiger partial charge in [0.2, 0.25) is 11.8 Å². The number of fused-ring (bicyclic) bond motifs is 1. The van der Waals surface area contributed by atoms with E-state index < -0.39 is 28.5 Å². The number of sulfonamides is 1. The molecule has 1 N–H and O–H groups in total. The number of halogens is 1. The Morgan fingerprint density at radius 3 is 2.34 bits per heavy atom. The molecule has 1 heterocycles. The first-order valence-corrected chi connectivity index (χ1v) is 15.2. The molecule has 3 aromatic rings.